The zero-order chi connectivity index (χ0) is 19.8. The number of nitrogens with zero attached hydrogens (tertiary/aromatic N) is 1. The third kappa shape index (κ3) is 4.76. The molecule has 5 heteroatoms. The Morgan fingerprint density at radius 1 is 1.04 bits per heavy atom. The van der Waals surface area contributed by atoms with E-state index in [2.05, 4.69) is 10.5 Å². The molecule has 0 bridgehead atoms. The summed E-state index contributed by atoms with van der Waals surface area (Å²) < 4.78 is 5.36. The van der Waals surface area contributed by atoms with Crippen LogP contribution in [-0.4, -0.2) is 23.8 Å². The van der Waals surface area contributed by atoms with Crippen molar-refractivity contribution in [1.29, 1.82) is 0 Å². The van der Waals surface area contributed by atoms with Gasteiger partial charge < -0.3 is 9.84 Å². The first kappa shape index (κ1) is 19.2. The summed E-state index contributed by atoms with van der Waals surface area (Å²) in [6.45, 7) is 2.29. The summed E-state index contributed by atoms with van der Waals surface area (Å²) in [4.78, 5) is 12.9. The highest BCUT2D eigenvalue weighted by Gasteiger charge is 2.22. The second-order valence-corrected chi connectivity index (χ2v) is 6.15. The fourth-order valence-corrected chi connectivity index (χ4v) is 2.90. The van der Waals surface area contributed by atoms with Crippen LogP contribution in [0.3, 0.4) is 0 Å². The van der Waals surface area contributed by atoms with Crippen molar-refractivity contribution in [2.45, 2.75) is 12.8 Å². The summed E-state index contributed by atoms with van der Waals surface area (Å²) in [5.41, 5.74) is 5.11. The van der Waals surface area contributed by atoms with Crippen molar-refractivity contribution in [2.75, 3.05) is 6.61 Å². The summed E-state index contributed by atoms with van der Waals surface area (Å²) in [5, 5.41) is 13.8. The first-order valence-corrected chi connectivity index (χ1v) is 9.07. The summed E-state index contributed by atoms with van der Waals surface area (Å²) in [6.07, 6.45) is 1.52. The Morgan fingerprint density at radius 2 is 1.64 bits per heavy atom. The van der Waals surface area contributed by atoms with Gasteiger partial charge in [-0.05, 0) is 41.8 Å². The number of hydrogen-bond acceptors (Lipinski definition) is 4. The lowest BCUT2D eigenvalue weighted by Crippen LogP contribution is -2.26. The number of rotatable bonds is 7. The molecule has 0 aliphatic heterocycles. The molecule has 142 valence electrons. The van der Waals surface area contributed by atoms with Crippen molar-refractivity contribution in [3.63, 3.8) is 0 Å². The van der Waals surface area contributed by atoms with Gasteiger partial charge in [0.2, 0.25) is 0 Å². The molecule has 3 aromatic rings. The molecule has 0 unspecified atom stereocenters. The van der Waals surface area contributed by atoms with E-state index < -0.39 is 5.92 Å². The predicted molar refractivity (Wildman–Crippen MR) is 110 cm³/mol. The number of amides is 1. The maximum Gasteiger partial charge on any atom is 0.252 e. The van der Waals surface area contributed by atoms with Gasteiger partial charge in [0.25, 0.3) is 5.91 Å². The molecule has 0 fully saturated rings. The van der Waals surface area contributed by atoms with E-state index >= 15 is 0 Å². The molecule has 0 atom stereocenters. The Labute approximate surface area is 164 Å². The number of ether oxygens (including phenoxy) is 1. The zero-order valence-corrected chi connectivity index (χ0v) is 15.6. The summed E-state index contributed by atoms with van der Waals surface area (Å²) in [7, 11) is 0. The summed E-state index contributed by atoms with van der Waals surface area (Å²) in [5.74, 6) is -0.240. The topological polar surface area (TPSA) is 70.9 Å². The molecular formula is C23H22N2O3. The first-order chi connectivity index (χ1) is 13.7. The highest BCUT2D eigenvalue weighted by Crippen LogP contribution is 2.26. The van der Waals surface area contributed by atoms with Gasteiger partial charge in [-0.2, -0.15) is 5.10 Å². The Balaban J connectivity index is 1.78. The van der Waals surface area contributed by atoms with Crippen molar-refractivity contribution in [2.24, 2.45) is 5.10 Å². The molecule has 0 aliphatic rings. The van der Waals surface area contributed by atoms with Gasteiger partial charge in [-0.25, -0.2) is 5.43 Å². The van der Waals surface area contributed by atoms with Crippen LogP contribution < -0.4 is 10.2 Å². The summed E-state index contributed by atoms with van der Waals surface area (Å²) >= 11 is 0. The minimum atomic E-state index is -0.460. The maximum absolute atomic E-state index is 12.9. The van der Waals surface area contributed by atoms with Crippen LogP contribution in [0.5, 0.6) is 11.5 Å². The molecule has 0 saturated heterocycles. The number of hydrogen-bond donors (Lipinski definition) is 2. The third-order valence-electron chi connectivity index (χ3n) is 4.20. The summed E-state index contributed by atoms with van der Waals surface area (Å²) in [6, 6.07) is 24.1. The van der Waals surface area contributed by atoms with E-state index in [0.29, 0.717) is 17.9 Å². The lowest BCUT2D eigenvalue weighted by Gasteiger charge is -2.16. The molecule has 3 rings (SSSR count). The molecule has 3 aromatic carbocycles. The zero-order valence-electron chi connectivity index (χ0n) is 15.6. The molecule has 1 amide bonds. The van der Waals surface area contributed by atoms with E-state index in [1.807, 2.05) is 67.6 Å². The second-order valence-electron chi connectivity index (χ2n) is 6.15. The van der Waals surface area contributed by atoms with Crippen molar-refractivity contribution in [1.82, 2.24) is 5.43 Å². The van der Waals surface area contributed by atoms with Crippen LogP contribution in [-0.2, 0) is 4.79 Å². The molecule has 28 heavy (non-hydrogen) atoms. The Morgan fingerprint density at radius 3 is 2.21 bits per heavy atom. The van der Waals surface area contributed by atoms with Gasteiger partial charge in [-0.15, -0.1) is 0 Å². The number of carbonyl (C=O) groups excluding carboxylic acids is 1. The molecule has 0 aliphatic carbocycles. The molecular weight excluding hydrogens is 352 g/mol. The van der Waals surface area contributed by atoms with E-state index in [4.69, 9.17) is 4.74 Å². The number of phenols is 1. The molecule has 0 spiro atoms. The molecule has 0 heterocycles. The van der Waals surface area contributed by atoms with Gasteiger partial charge in [-0.1, -0.05) is 60.7 Å². The smallest absolute Gasteiger partial charge is 0.252 e. The fourth-order valence-electron chi connectivity index (χ4n) is 2.90. The normalized spacial score (nSPS) is 10.9. The largest absolute Gasteiger partial charge is 0.504 e. The predicted octanol–water partition coefficient (Wildman–Crippen LogP) is 4.07. The number of aromatic hydroxyl groups is 1. The van der Waals surface area contributed by atoms with E-state index in [1.165, 1.54) is 12.3 Å². The average molecular weight is 374 g/mol. The van der Waals surface area contributed by atoms with Crippen LogP contribution >= 0.6 is 0 Å². The van der Waals surface area contributed by atoms with Gasteiger partial charge in [-0.3, -0.25) is 4.79 Å². The standard InChI is InChI=1S/C23H22N2O3/c1-2-28-21-15-17(13-14-20(21)26)16-24-25-23(27)22(18-9-5-3-6-10-18)19-11-7-4-8-12-19/h3-16,22,26H,2H2,1H3,(H,25,27)/b24-16+. The monoisotopic (exact) mass is 374 g/mol. The quantitative estimate of drug-likeness (QED) is 0.484. The minimum absolute atomic E-state index is 0.0660. The first-order valence-electron chi connectivity index (χ1n) is 9.07. The molecule has 0 radical (unpaired) electrons. The number of phenolic OH excluding ortho intramolecular Hbond substituents is 1. The van der Waals surface area contributed by atoms with Crippen LogP contribution in [0.4, 0.5) is 0 Å². The van der Waals surface area contributed by atoms with Crippen LogP contribution in [0.15, 0.2) is 84.0 Å². The van der Waals surface area contributed by atoms with Crippen LogP contribution in [0.1, 0.15) is 29.5 Å². The molecule has 0 saturated carbocycles. The molecule has 0 aromatic heterocycles. The third-order valence-corrected chi connectivity index (χ3v) is 4.20. The number of benzene rings is 3. The Bertz CT molecular complexity index is 901. The van der Waals surface area contributed by atoms with Crippen molar-refractivity contribution < 1.29 is 14.6 Å². The number of nitrogens with one attached hydrogen (secondary N) is 1. The van der Waals surface area contributed by atoms with Gasteiger partial charge in [0.1, 0.15) is 0 Å². The van der Waals surface area contributed by atoms with Crippen LogP contribution in [0, 0.1) is 0 Å². The van der Waals surface area contributed by atoms with Crippen LogP contribution in [0.2, 0.25) is 0 Å². The minimum Gasteiger partial charge on any atom is -0.504 e. The van der Waals surface area contributed by atoms with Crippen LogP contribution in [0.25, 0.3) is 0 Å². The van der Waals surface area contributed by atoms with Crippen molar-refractivity contribution >= 4 is 12.1 Å². The van der Waals surface area contributed by atoms with E-state index in [0.717, 1.165) is 11.1 Å². The van der Waals surface area contributed by atoms with Crippen molar-refractivity contribution in [3.8, 4) is 11.5 Å². The van der Waals surface area contributed by atoms with Gasteiger partial charge in [0, 0.05) is 0 Å². The molecule has 5 nitrogen and oxygen atoms in total. The Hall–Kier alpha value is -3.60. The fraction of sp³-hybridized carbons (Fsp3) is 0.130. The average Bonchev–Trinajstić information content (AvgIpc) is 2.72. The van der Waals surface area contributed by atoms with E-state index in [9.17, 15) is 9.90 Å². The highest BCUT2D eigenvalue weighted by atomic mass is 16.5. The lowest BCUT2D eigenvalue weighted by molar-refractivity contribution is -0.121. The van der Waals surface area contributed by atoms with Gasteiger partial charge in [0.15, 0.2) is 11.5 Å². The lowest BCUT2D eigenvalue weighted by atomic mass is 9.91. The number of hydrazone groups is 1. The Kier molecular flexibility index (Phi) is 6.41. The van der Waals surface area contributed by atoms with Gasteiger partial charge in [0.05, 0.1) is 18.7 Å². The van der Waals surface area contributed by atoms with Gasteiger partial charge >= 0.3 is 0 Å². The van der Waals surface area contributed by atoms with Crippen molar-refractivity contribution in [3.05, 3.63) is 95.6 Å². The highest BCUT2D eigenvalue weighted by molar-refractivity contribution is 5.88. The maximum atomic E-state index is 12.9. The molecule has 2 N–H and O–H groups in total. The van der Waals surface area contributed by atoms with E-state index in [1.54, 1.807) is 12.1 Å². The SMILES string of the molecule is CCOc1cc(/C=N/NC(=O)C(c2ccccc2)c2ccccc2)ccc1O. The number of carbonyl (C=O) groups is 1. The second kappa shape index (κ2) is 9.37. The van der Waals surface area contributed by atoms with E-state index in [-0.39, 0.29) is 11.7 Å².